The van der Waals surface area contributed by atoms with E-state index in [1.165, 1.54) is 0 Å². The molecular weight excluding hydrogens is 348 g/mol. The van der Waals surface area contributed by atoms with E-state index in [4.69, 9.17) is 9.26 Å². The number of alkyl carbamates (subject to hydrolysis) is 1. The van der Waals surface area contributed by atoms with Gasteiger partial charge in [0.05, 0.1) is 18.7 Å². The van der Waals surface area contributed by atoms with Gasteiger partial charge in [-0.1, -0.05) is 5.16 Å². The number of hydrogen-bond donors (Lipinski definition) is 3. The molecule has 1 saturated carbocycles. The first-order valence-electron chi connectivity index (χ1n) is 9.32. The molecule has 0 bridgehead atoms. The number of aryl methyl sites for hydroxylation is 1. The number of hydrogen-bond acceptors (Lipinski definition) is 6. The topological polar surface area (TPSA) is 105 Å². The van der Waals surface area contributed by atoms with Crippen LogP contribution in [-0.4, -0.2) is 42.9 Å². The average molecular weight is 378 g/mol. The molecule has 8 nitrogen and oxygen atoms in total. The number of carbonyl (C=O) groups is 2. The van der Waals surface area contributed by atoms with Gasteiger partial charge < -0.3 is 25.2 Å². The lowest BCUT2D eigenvalue weighted by Crippen LogP contribution is -2.33. The quantitative estimate of drug-likeness (QED) is 0.606. The van der Waals surface area contributed by atoms with Crippen LogP contribution >= 0.6 is 0 Å². The monoisotopic (exact) mass is 378 g/mol. The summed E-state index contributed by atoms with van der Waals surface area (Å²) in [6.07, 6.45) is 2.75. The Bertz CT molecular complexity index is 683. The number of aromatic nitrogens is 1. The zero-order valence-electron chi connectivity index (χ0n) is 16.7. The minimum atomic E-state index is -0.381. The van der Waals surface area contributed by atoms with Crippen molar-refractivity contribution in [2.75, 3.05) is 13.7 Å². The Morgan fingerprint density at radius 3 is 2.70 bits per heavy atom. The van der Waals surface area contributed by atoms with E-state index < -0.39 is 0 Å². The van der Waals surface area contributed by atoms with Crippen LogP contribution in [0, 0.1) is 18.8 Å². The molecule has 1 aliphatic rings. The smallest absolute Gasteiger partial charge is 0.407 e. The number of ether oxygens (including phenoxy) is 1. The number of carbonyl (C=O) groups excluding carboxylic acids is 2. The second-order valence-electron chi connectivity index (χ2n) is 7.34. The molecule has 150 valence electrons. The highest BCUT2D eigenvalue weighted by molar-refractivity contribution is 5.78. The van der Waals surface area contributed by atoms with Gasteiger partial charge in [-0.2, -0.15) is 0 Å². The molecule has 0 aliphatic heterocycles. The summed E-state index contributed by atoms with van der Waals surface area (Å²) in [5, 5.41) is 12.6. The molecule has 8 heteroatoms. The second kappa shape index (κ2) is 9.43. The van der Waals surface area contributed by atoms with Crippen molar-refractivity contribution in [3.63, 3.8) is 0 Å². The summed E-state index contributed by atoms with van der Waals surface area (Å²) < 4.78 is 10.3. The highest BCUT2D eigenvalue weighted by atomic mass is 16.5. The van der Waals surface area contributed by atoms with E-state index in [0.29, 0.717) is 24.2 Å². The standard InChI is InChI=1S/C19H30N4O4/c1-11(2)21-19(25)26-10-14-8-16(14)17(20-5)7-12(3)22-18(24)9-15-6-13(4)23-27-15/h6-7,11-12,14,16,20H,8-10H2,1-5H3,(H,21,25)(H,22,24)/b17-7-/t12?,14-,16-/m0/s1. The van der Waals surface area contributed by atoms with Crippen molar-refractivity contribution in [1.82, 2.24) is 21.1 Å². The Labute approximate surface area is 160 Å². The van der Waals surface area contributed by atoms with Crippen LogP contribution in [0.1, 0.15) is 38.6 Å². The van der Waals surface area contributed by atoms with Gasteiger partial charge in [-0.3, -0.25) is 4.79 Å². The molecule has 0 radical (unpaired) electrons. The number of nitrogens with one attached hydrogen (secondary N) is 3. The molecule has 27 heavy (non-hydrogen) atoms. The number of amides is 2. The molecular formula is C19H30N4O4. The SMILES string of the molecule is CN/C(=C\C(C)NC(=O)Cc1cc(C)no1)[C@H]1C[C@H]1COC(=O)NC(C)C. The average Bonchev–Trinajstić information content (AvgIpc) is 3.23. The van der Waals surface area contributed by atoms with Crippen LogP contribution in [0.25, 0.3) is 0 Å². The molecule has 0 aromatic carbocycles. The lowest BCUT2D eigenvalue weighted by molar-refractivity contribution is -0.121. The molecule has 1 aromatic rings. The Kier molecular flexibility index (Phi) is 7.27. The van der Waals surface area contributed by atoms with E-state index in [2.05, 4.69) is 21.1 Å². The Hall–Kier alpha value is -2.51. The molecule has 1 unspecified atom stereocenters. The van der Waals surface area contributed by atoms with Gasteiger partial charge in [0.2, 0.25) is 5.91 Å². The molecule has 1 aromatic heterocycles. The minimum absolute atomic E-state index is 0.0607. The van der Waals surface area contributed by atoms with E-state index in [0.717, 1.165) is 17.8 Å². The minimum Gasteiger partial charge on any atom is -0.449 e. The first kappa shape index (κ1) is 20.8. The second-order valence-corrected chi connectivity index (χ2v) is 7.34. The molecule has 2 rings (SSSR count). The first-order valence-corrected chi connectivity index (χ1v) is 9.32. The van der Waals surface area contributed by atoms with Crippen molar-refractivity contribution in [2.24, 2.45) is 11.8 Å². The number of nitrogens with zero attached hydrogens (tertiary/aromatic N) is 1. The fourth-order valence-corrected chi connectivity index (χ4v) is 2.94. The van der Waals surface area contributed by atoms with Crippen molar-refractivity contribution in [3.05, 3.63) is 29.3 Å². The maximum Gasteiger partial charge on any atom is 0.407 e. The van der Waals surface area contributed by atoms with E-state index in [1.807, 2.05) is 40.8 Å². The van der Waals surface area contributed by atoms with Crippen molar-refractivity contribution in [2.45, 2.75) is 52.6 Å². The summed E-state index contributed by atoms with van der Waals surface area (Å²) in [5.41, 5.74) is 1.81. The molecule has 0 saturated heterocycles. The zero-order valence-corrected chi connectivity index (χ0v) is 16.7. The molecule has 1 heterocycles. The number of rotatable bonds is 9. The predicted molar refractivity (Wildman–Crippen MR) is 101 cm³/mol. The lowest BCUT2D eigenvalue weighted by Gasteiger charge is -2.13. The maximum absolute atomic E-state index is 12.1. The van der Waals surface area contributed by atoms with Crippen molar-refractivity contribution < 1.29 is 18.8 Å². The zero-order chi connectivity index (χ0) is 20.0. The van der Waals surface area contributed by atoms with Crippen LogP contribution in [0.15, 0.2) is 22.4 Å². The molecule has 2 amide bonds. The van der Waals surface area contributed by atoms with Gasteiger partial charge >= 0.3 is 6.09 Å². The normalized spacial score (nSPS) is 20.1. The Morgan fingerprint density at radius 2 is 2.11 bits per heavy atom. The van der Waals surface area contributed by atoms with E-state index in [1.54, 1.807) is 6.07 Å². The van der Waals surface area contributed by atoms with Gasteiger partial charge in [-0.15, -0.1) is 0 Å². The highest BCUT2D eigenvalue weighted by Gasteiger charge is 2.40. The van der Waals surface area contributed by atoms with Gasteiger partial charge in [0.1, 0.15) is 5.76 Å². The third kappa shape index (κ3) is 6.96. The van der Waals surface area contributed by atoms with Crippen LogP contribution in [-0.2, 0) is 16.0 Å². The summed E-state index contributed by atoms with van der Waals surface area (Å²) in [6, 6.07) is 1.68. The third-order valence-electron chi connectivity index (χ3n) is 4.28. The summed E-state index contributed by atoms with van der Waals surface area (Å²) in [6.45, 7) is 7.92. The molecule has 1 fully saturated rings. The van der Waals surface area contributed by atoms with Crippen LogP contribution < -0.4 is 16.0 Å². The Morgan fingerprint density at radius 1 is 1.37 bits per heavy atom. The van der Waals surface area contributed by atoms with Crippen LogP contribution in [0.4, 0.5) is 4.79 Å². The first-order chi connectivity index (χ1) is 12.8. The van der Waals surface area contributed by atoms with Gasteiger partial charge in [0.25, 0.3) is 0 Å². The van der Waals surface area contributed by atoms with E-state index in [-0.39, 0.29) is 30.5 Å². The molecule has 0 spiro atoms. The summed E-state index contributed by atoms with van der Waals surface area (Å²) in [4.78, 5) is 23.7. The largest absolute Gasteiger partial charge is 0.449 e. The Balaban J connectivity index is 1.78. The van der Waals surface area contributed by atoms with Gasteiger partial charge in [0, 0.05) is 42.7 Å². The van der Waals surface area contributed by atoms with Gasteiger partial charge in [-0.25, -0.2) is 4.79 Å². The fraction of sp³-hybridized carbons (Fsp3) is 0.632. The predicted octanol–water partition coefficient (Wildman–Crippen LogP) is 1.90. The summed E-state index contributed by atoms with van der Waals surface area (Å²) in [7, 11) is 1.86. The van der Waals surface area contributed by atoms with Crippen molar-refractivity contribution in [3.8, 4) is 0 Å². The van der Waals surface area contributed by atoms with Crippen LogP contribution in [0.3, 0.4) is 0 Å². The lowest BCUT2D eigenvalue weighted by atomic mass is 10.1. The fourth-order valence-electron chi connectivity index (χ4n) is 2.94. The molecule has 3 atom stereocenters. The van der Waals surface area contributed by atoms with Crippen LogP contribution in [0.5, 0.6) is 0 Å². The summed E-state index contributed by atoms with van der Waals surface area (Å²) >= 11 is 0. The van der Waals surface area contributed by atoms with Crippen molar-refractivity contribution >= 4 is 12.0 Å². The van der Waals surface area contributed by atoms with Gasteiger partial charge in [-0.05, 0) is 40.2 Å². The van der Waals surface area contributed by atoms with Crippen LogP contribution in [0.2, 0.25) is 0 Å². The van der Waals surface area contributed by atoms with Crippen molar-refractivity contribution in [1.29, 1.82) is 0 Å². The highest BCUT2D eigenvalue weighted by Crippen LogP contribution is 2.43. The van der Waals surface area contributed by atoms with Gasteiger partial charge in [0.15, 0.2) is 0 Å². The molecule has 1 aliphatic carbocycles. The third-order valence-corrected chi connectivity index (χ3v) is 4.28. The maximum atomic E-state index is 12.1. The van der Waals surface area contributed by atoms with E-state index in [9.17, 15) is 9.59 Å². The molecule has 3 N–H and O–H groups in total. The van der Waals surface area contributed by atoms with E-state index >= 15 is 0 Å². The summed E-state index contributed by atoms with van der Waals surface area (Å²) in [5.74, 6) is 1.06. The number of allylic oxidation sites excluding steroid dienone is 1.